The lowest BCUT2D eigenvalue weighted by Crippen LogP contribution is -2.57. The first-order valence-electron chi connectivity index (χ1n) is 8.91. The molecule has 3 aliphatic heterocycles. The van der Waals surface area contributed by atoms with Crippen molar-refractivity contribution in [3.8, 4) is 0 Å². The minimum absolute atomic E-state index is 0.0585. The van der Waals surface area contributed by atoms with Crippen molar-refractivity contribution in [2.45, 2.75) is 37.5 Å². The zero-order valence-corrected chi connectivity index (χ0v) is 13.8. The summed E-state index contributed by atoms with van der Waals surface area (Å²) in [7, 11) is 0. The van der Waals surface area contributed by atoms with Crippen LogP contribution in [-0.2, 0) is 16.0 Å². The van der Waals surface area contributed by atoms with Crippen molar-refractivity contribution in [1.29, 1.82) is 0 Å². The van der Waals surface area contributed by atoms with E-state index in [2.05, 4.69) is 26.9 Å². The summed E-state index contributed by atoms with van der Waals surface area (Å²) in [6, 6.07) is 6.80. The first-order valence-corrected chi connectivity index (χ1v) is 8.91. The van der Waals surface area contributed by atoms with Crippen LogP contribution in [-0.4, -0.2) is 72.4 Å². The van der Waals surface area contributed by atoms with Gasteiger partial charge in [0.2, 0.25) is 0 Å². The first kappa shape index (κ1) is 15.5. The third-order valence-electron chi connectivity index (χ3n) is 5.57. The maximum absolute atomic E-state index is 6.27. The van der Waals surface area contributed by atoms with Gasteiger partial charge in [-0.3, -0.25) is 14.8 Å². The van der Waals surface area contributed by atoms with E-state index in [0.717, 1.165) is 71.1 Å². The van der Waals surface area contributed by atoms with Crippen molar-refractivity contribution in [2.75, 3.05) is 46.0 Å². The molecule has 3 fully saturated rings. The van der Waals surface area contributed by atoms with Crippen molar-refractivity contribution < 1.29 is 9.47 Å². The van der Waals surface area contributed by atoms with Gasteiger partial charge in [-0.15, -0.1) is 0 Å². The van der Waals surface area contributed by atoms with Gasteiger partial charge in [0.15, 0.2) is 0 Å². The number of aromatic nitrogens is 1. The zero-order chi connectivity index (χ0) is 15.5. The highest BCUT2D eigenvalue weighted by Gasteiger charge is 2.41. The van der Waals surface area contributed by atoms with E-state index in [1.165, 1.54) is 6.42 Å². The van der Waals surface area contributed by atoms with Crippen LogP contribution in [0.15, 0.2) is 24.4 Å². The summed E-state index contributed by atoms with van der Waals surface area (Å²) >= 11 is 0. The van der Waals surface area contributed by atoms with Gasteiger partial charge >= 0.3 is 0 Å². The number of hydrogen-bond acceptors (Lipinski definition) is 5. The highest BCUT2D eigenvalue weighted by atomic mass is 16.5. The average molecular weight is 317 g/mol. The Kier molecular flexibility index (Phi) is 4.62. The molecule has 23 heavy (non-hydrogen) atoms. The third kappa shape index (κ3) is 3.58. The fraction of sp³-hybridized carbons (Fsp3) is 0.722. The van der Waals surface area contributed by atoms with Crippen LogP contribution in [0.4, 0.5) is 0 Å². The fourth-order valence-electron chi connectivity index (χ4n) is 4.19. The standard InChI is InChI=1S/C18H27N3O2/c1-2-7-19-16(3-1)13-20-10-12-23-18(15-20)5-8-21(9-6-18)17-4-11-22-14-17/h1-3,7,17H,4-6,8-15H2. The lowest BCUT2D eigenvalue weighted by Gasteiger charge is -2.48. The number of piperidine rings is 1. The second kappa shape index (κ2) is 6.85. The Bertz CT molecular complexity index is 496. The molecule has 1 atom stereocenters. The Labute approximate surface area is 138 Å². The molecule has 1 aromatic rings. The van der Waals surface area contributed by atoms with Gasteiger partial charge in [0.1, 0.15) is 0 Å². The van der Waals surface area contributed by atoms with Crippen molar-refractivity contribution in [3.63, 3.8) is 0 Å². The number of rotatable bonds is 3. The molecular weight excluding hydrogens is 290 g/mol. The first-order chi connectivity index (χ1) is 11.3. The monoisotopic (exact) mass is 317 g/mol. The van der Waals surface area contributed by atoms with Crippen LogP contribution in [0.5, 0.6) is 0 Å². The van der Waals surface area contributed by atoms with Crippen molar-refractivity contribution >= 4 is 0 Å². The molecule has 5 nitrogen and oxygen atoms in total. The van der Waals surface area contributed by atoms with Crippen molar-refractivity contribution in [2.24, 2.45) is 0 Å². The van der Waals surface area contributed by atoms with Crippen LogP contribution >= 0.6 is 0 Å². The van der Waals surface area contributed by atoms with Gasteiger partial charge in [0, 0.05) is 51.6 Å². The molecule has 0 aromatic carbocycles. The highest BCUT2D eigenvalue weighted by molar-refractivity contribution is 5.04. The van der Waals surface area contributed by atoms with Gasteiger partial charge in [-0.2, -0.15) is 0 Å². The topological polar surface area (TPSA) is 37.8 Å². The second-order valence-corrected chi connectivity index (χ2v) is 7.12. The zero-order valence-electron chi connectivity index (χ0n) is 13.8. The van der Waals surface area contributed by atoms with Gasteiger partial charge in [0.05, 0.1) is 24.5 Å². The molecule has 1 unspecified atom stereocenters. The fourth-order valence-corrected chi connectivity index (χ4v) is 4.19. The van der Waals surface area contributed by atoms with Crippen molar-refractivity contribution in [1.82, 2.24) is 14.8 Å². The van der Waals surface area contributed by atoms with Crippen LogP contribution in [0.3, 0.4) is 0 Å². The smallest absolute Gasteiger partial charge is 0.0833 e. The van der Waals surface area contributed by atoms with E-state index < -0.39 is 0 Å². The quantitative estimate of drug-likeness (QED) is 0.845. The largest absolute Gasteiger partial charge is 0.380 e. The van der Waals surface area contributed by atoms with Gasteiger partial charge in [-0.1, -0.05) is 6.07 Å². The van der Waals surface area contributed by atoms with Gasteiger partial charge in [-0.05, 0) is 31.4 Å². The predicted octanol–water partition coefficient (Wildman–Crippen LogP) is 1.54. The number of morpholine rings is 1. The molecule has 4 heterocycles. The van der Waals surface area contributed by atoms with Crippen LogP contribution < -0.4 is 0 Å². The third-order valence-corrected chi connectivity index (χ3v) is 5.57. The Morgan fingerprint density at radius 2 is 2.09 bits per heavy atom. The molecule has 0 bridgehead atoms. The summed E-state index contributed by atoms with van der Waals surface area (Å²) < 4.78 is 11.8. The average Bonchev–Trinajstić information content (AvgIpc) is 3.11. The van der Waals surface area contributed by atoms with Crippen LogP contribution in [0.25, 0.3) is 0 Å². The lowest BCUT2D eigenvalue weighted by molar-refractivity contribution is -0.140. The minimum atomic E-state index is 0.0585. The van der Waals surface area contributed by atoms with Crippen LogP contribution in [0, 0.1) is 0 Å². The lowest BCUT2D eigenvalue weighted by atomic mass is 9.88. The molecule has 1 aromatic heterocycles. The molecule has 3 saturated heterocycles. The summed E-state index contributed by atoms with van der Waals surface area (Å²) in [5.74, 6) is 0. The molecule has 0 N–H and O–H groups in total. The van der Waals surface area contributed by atoms with E-state index in [9.17, 15) is 0 Å². The Morgan fingerprint density at radius 3 is 2.83 bits per heavy atom. The molecule has 0 amide bonds. The van der Waals surface area contributed by atoms with E-state index in [0.29, 0.717) is 6.04 Å². The van der Waals surface area contributed by atoms with E-state index in [4.69, 9.17) is 9.47 Å². The summed E-state index contributed by atoms with van der Waals surface area (Å²) in [6.45, 7) is 7.97. The molecule has 126 valence electrons. The van der Waals surface area contributed by atoms with E-state index in [1.807, 2.05) is 12.3 Å². The number of ether oxygens (including phenoxy) is 2. The van der Waals surface area contributed by atoms with Crippen LogP contribution in [0.2, 0.25) is 0 Å². The Balaban J connectivity index is 1.34. The SMILES string of the molecule is c1ccc(CN2CCOC3(CCN(C4CCOC4)CC3)C2)nc1. The predicted molar refractivity (Wildman–Crippen MR) is 88.2 cm³/mol. The summed E-state index contributed by atoms with van der Waals surface area (Å²) in [6.07, 6.45) is 5.36. The maximum Gasteiger partial charge on any atom is 0.0833 e. The van der Waals surface area contributed by atoms with E-state index >= 15 is 0 Å². The van der Waals surface area contributed by atoms with Gasteiger partial charge in [-0.25, -0.2) is 0 Å². The molecule has 0 aliphatic carbocycles. The number of likely N-dealkylation sites (tertiary alicyclic amines) is 1. The van der Waals surface area contributed by atoms with E-state index in [-0.39, 0.29) is 5.60 Å². The number of hydrogen-bond donors (Lipinski definition) is 0. The van der Waals surface area contributed by atoms with Crippen molar-refractivity contribution in [3.05, 3.63) is 30.1 Å². The molecule has 4 rings (SSSR count). The molecule has 1 spiro atoms. The molecule has 0 radical (unpaired) electrons. The maximum atomic E-state index is 6.27. The van der Waals surface area contributed by atoms with Crippen LogP contribution in [0.1, 0.15) is 25.0 Å². The normalized spacial score (nSPS) is 29.1. The number of pyridine rings is 1. The second-order valence-electron chi connectivity index (χ2n) is 7.12. The van der Waals surface area contributed by atoms with Gasteiger partial charge < -0.3 is 9.47 Å². The van der Waals surface area contributed by atoms with Gasteiger partial charge in [0.25, 0.3) is 0 Å². The summed E-state index contributed by atoms with van der Waals surface area (Å²) in [4.78, 5) is 9.59. The summed E-state index contributed by atoms with van der Waals surface area (Å²) in [5.41, 5.74) is 1.22. The van der Waals surface area contributed by atoms with E-state index in [1.54, 1.807) is 0 Å². The molecule has 0 saturated carbocycles. The molecule has 5 heteroatoms. The Morgan fingerprint density at radius 1 is 1.17 bits per heavy atom. The molecular formula is C18H27N3O2. The Hall–Kier alpha value is -1.01. The highest BCUT2D eigenvalue weighted by Crippen LogP contribution is 2.32. The minimum Gasteiger partial charge on any atom is -0.380 e. The summed E-state index contributed by atoms with van der Waals surface area (Å²) in [5, 5.41) is 0. The molecule has 3 aliphatic rings. The number of nitrogens with zero attached hydrogens (tertiary/aromatic N) is 3.